The summed E-state index contributed by atoms with van der Waals surface area (Å²) in [7, 11) is 0. The average Bonchev–Trinajstić information content (AvgIpc) is 3.63. The average molecular weight is 596 g/mol. The Kier molecular flexibility index (Phi) is 7.67. The largest absolute Gasteiger partial charge is 0.461 e. The lowest BCUT2D eigenvalue weighted by atomic mass is 9.87. The smallest absolute Gasteiger partial charge is 0.320 e. The summed E-state index contributed by atoms with van der Waals surface area (Å²) in [6.45, 7) is 6.91. The fourth-order valence-electron chi connectivity index (χ4n) is 7.86. The molecule has 0 saturated carbocycles. The number of nitrogens with zero attached hydrogens (tertiary/aromatic N) is 7. The monoisotopic (exact) mass is 595 g/mol. The molecule has 3 saturated heterocycles. The number of hydrogen-bond acceptors (Lipinski definition) is 8. The second kappa shape index (κ2) is 11.8. The first kappa shape index (κ1) is 28.7. The number of anilines is 1. The molecule has 0 spiro atoms. The van der Waals surface area contributed by atoms with Crippen LogP contribution in [0.2, 0.25) is 0 Å². The van der Waals surface area contributed by atoms with E-state index in [0.717, 1.165) is 55.4 Å². The van der Waals surface area contributed by atoms with Gasteiger partial charge < -0.3 is 14.5 Å². The molecule has 4 aliphatic rings. The van der Waals surface area contributed by atoms with Crippen molar-refractivity contribution in [3.05, 3.63) is 53.9 Å². The number of hydrogen-bond donors (Lipinski definition) is 0. The minimum absolute atomic E-state index is 0.0372. The molecule has 44 heavy (non-hydrogen) atoms. The van der Waals surface area contributed by atoms with Crippen LogP contribution < -0.4 is 9.64 Å². The molecule has 2 aromatic heterocycles. The zero-order chi connectivity index (χ0) is 30.3. The van der Waals surface area contributed by atoms with E-state index in [1.165, 1.54) is 41.7 Å². The third-order valence-corrected chi connectivity index (χ3v) is 10.1. The van der Waals surface area contributed by atoms with E-state index in [0.29, 0.717) is 31.2 Å². The van der Waals surface area contributed by atoms with Crippen molar-refractivity contribution in [3.63, 3.8) is 0 Å². The fraction of sp³-hybridized carbons (Fsp3) is 0.500. The molecule has 1 amide bonds. The highest BCUT2D eigenvalue weighted by Crippen LogP contribution is 2.39. The molecular formula is C34H38FN7O2. The van der Waals surface area contributed by atoms with Crippen LogP contribution in [0.15, 0.2) is 42.7 Å². The number of fused-ring (bicyclic) bond motifs is 3. The van der Waals surface area contributed by atoms with E-state index < -0.39 is 17.8 Å². The number of nitriles is 1. The molecule has 228 valence electrons. The molecule has 3 aromatic rings. The van der Waals surface area contributed by atoms with Gasteiger partial charge in [0, 0.05) is 25.2 Å². The van der Waals surface area contributed by atoms with Crippen LogP contribution in [0.4, 0.5) is 10.2 Å². The maximum atomic E-state index is 13.8. The van der Waals surface area contributed by atoms with E-state index in [9.17, 15) is 14.4 Å². The molecule has 3 aliphatic heterocycles. The Morgan fingerprint density at radius 1 is 1.05 bits per heavy atom. The Balaban J connectivity index is 1.27. The van der Waals surface area contributed by atoms with Crippen molar-refractivity contribution in [3.8, 4) is 23.3 Å². The number of carbonyl (C=O) groups excluding carboxylic acids is 1. The zero-order valence-corrected chi connectivity index (χ0v) is 25.1. The second-order valence-electron chi connectivity index (χ2n) is 12.6. The van der Waals surface area contributed by atoms with Crippen LogP contribution in [-0.2, 0) is 17.6 Å². The number of pyridine rings is 1. The van der Waals surface area contributed by atoms with Crippen molar-refractivity contribution in [2.24, 2.45) is 0 Å². The first-order valence-corrected chi connectivity index (χ1v) is 15.9. The number of amides is 1. The number of piperazine rings is 1. The van der Waals surface area contributed by atoms with E-state index in [4.69, 9.17) is 19.7 Å². The van der Waals surface area contributed by atoms with E-state index in [1.54, 1.807) is 0 Å². The Morgan fingerprint density at radius 2 is 1.86 bits per heavy atom. The Morgan fingerprint density at radius 3 is 2.66 bits per heavy atom. The maximum Gasteiger partial charge on any atom is 0.320 e. The van der Waals surface area contributed by atoms with E-state index in [1.807, 2.05) is 17.0 Å². The molecule has 1 atom stereocenters. The molecule has 0 bridgehead atoms. The van der Waals surface area contributed by atoms with Gasteiger partial charge in [-0.25, -0.2) is 9.37 Å². The molecule has 7 rings (SSSR count). The summed E-state index contributed by atoms with van der Waals surface area (Å²) in [6, 6.07) is 12.5. The van der Waals surface area contributed by atoms with Crippen LogP contribution in [0, 0.1) is 11.3 Å². The maximum absolute atomic E-state index is 13.8. The summed E-state index contributed by atoms with van der Waals surface area (Å²) >= 11 is 0. The number of carbonyl (C=O) groups is 1. The molecule has 0 radical (unpaired) electrons. The highest BCUT2D eigenvalue weighted by atomic mass is 19.1. The summed E-state index contributed by atoms with van der Waals surface area (Å²) in [5.74, 6) is -1.13. The molecule has 1 aliphatic carbocycles. The van der Waals surface area contributed by atoms with Gasteiger partial charge in [-0.1, -0.05) is 24.8 Å². The molecule has 1 aromatic carbocycles. The van der Waals surface area contributed by atoms with Crippen LogP contribution in [0.5, 0.6) is 6.01 Å². The topological polar surface area (TPSA) is 98.5 Å². The van der Waals surface area contributed by atoms with Crippen molar-refractivity contribution in [1.29, 1.82) is 5.26 Å². The second-order valence-corrected chi connectivity index (χ2v) is 12.6. The summed E-state index contributed by atoms with van der Waals surface area (Å²) < 4.78 is 20.3. The molecule has 9 nitrogen and oxygen atoms in total. The van der Waals surface area contributed by atoms with Crippen LogP contribution in [0.3, 0.4) is 0 Å². The lowest BCUT2D eigenvalue weighted by Crippen LogP contribution is -2.55. The van der Waals surface area contributed by atoms with Gasteiger partial charge in [0.2, 0.25) is 0 Å². The summed E-state index contributed by atoms with van der Waals surface area (Å²) in [4.78, 5) is 33.4. The van der Waals surface area contributed by atoms with Crippen LogP contribution in [0.1, 0.15) is 56.1 Å². The number of ether oxygens (including phenoxy) is 1. The minimum atomic E-state index is -1.02. The van der Waals surface area contributed by atoms with Gasteiger partial charge in [0.15, 0.2) is 11.5 Å². The van der Waals surface area contributed by atoms with E-state index in [2.05, 4.69) is 35.7 Å². The van der Waals surface area contributed by atoms with Gasteiger partial charge >= 0.3 is 6.01 Å². The van der Waals surface area contributed by atoms with Gasteiger partial charge in [0.05, 0.1) is 35.2 Å². The normalized spacial score (nSPS) is 21.1. The van der Waals surface area contributed by atoms with Crippen molar-refractivity contribution in [2.45, 2.75) is 69.4 Å². The molecule has 3 fully saturated rings. The number of aromatic nitrogens is 3. The molecule has 0 unspecified atom stereocenters. The zero-order valence-electron chi connectivity index (χ0n) is 25.1. The Labute approximate surface area is 257 Å². The van der Waals surface area contributed by atoms with Crippen molar-refractivity contribution in [2.75, 3.05) is 44.2 Å². The molecule has 5 heterocycles. The predicted octanol–water partition coefficient (Wildman–Crippen LogP) is 4.99. The summed E-state index contributed by atoms with van der Waals surface area (Å²) in [6.07, 6.45) is 9.17. The van der Waals surface area contributed by atoms with Crippen LogP contribution >= 0.6 is 0 Å². The molecule has 10 heteroatoms. The lowest BCUT2D eigenvalue weighted by molar-refractivity contribution is -0.131. The van der Waals surface area contributed by atoms with Gasteiger partial charge in [-0.3, -0.25) is 9.69 Å². The van der Waals surface area contributed by atoms with Crippen LogP contribution in [-0.4, -0.2) is 81.6 Å². The fourth-order valence-corrected chi connectivity index (χ4v) is 7.86. The SMILES string of the molecule is C=C(F)C(=O)N1CCN(c2nc(OCC34CCCN3CCC4)nc3nc(-c4cccc5c4CCCC5)ccc23)C[C@@H]1CC#N. The van der Waals surface area contributed by atoms with Crippen molar-refractivity contribution >= 4 is 22.8 Å². The van der Waals surface area contributed by atoms with Gasteiger partial charge in [-0.05, 0) is 87.7 Å². The van der Waals surface area contributed by atoms with Crippen LogP contribution in [0.25, 0.3) is 22.3 Å². The predicted molar refractivity (Wildman–Crippen MR) is 166 cm³/mol. The standard InChI is InChI=1S/C34H38FN7O2/c1-23(35)32(43)42-20-19-40(21-25(42)13-16-36)31-28-11-12-29(27-10-4-8-24-7-2-3-9-26(24)27)37-30(28)38-33(39-31)44-22-34-14-5-17-41(34)18-6-15-34/h4,8,10-12,25H,1-3,5-7,9,13-15,17-22H2/t25-/m0/s1. The van der Waals surface area contributed by atoms with Crippen molar-refractivity contribution in [1.82, 2.24) is 24.8 Å². The molecular weight excluding hydrogens is 557 g/mol. The Bertz CT molecular complexity index is 1640. The van der Waals surface area contributed by atoms with Crippen molar-refractivity contribution < 1.29 is 13.9 Å². The van der Waals surface area contributed by atoms with Gasteiger partial charge in [0.25, 0.3) is 5.91 Å². The van der Waals surface area contributed by atoms with E-state index in [-0.39, 0.29) is 24.5 Å². The van der Waals surface area contributed by atoms with Gasteiger partial charge in [-0.2, -0.15) is 15.2 Å². The number of halogens is 1. The Hall–Kier alpha value is -4.10. The third kappa shape index (κ3) is 5.17. The number of aryl methyl sites for hydroxylation is 1. The van der Waals surface area contributed by atoms with Gasteiger partial charge in [-0.15, -0.1) is 0 Å². The first-order valence-electron chi connectivity index (χ1n) is 15.9. The quantitative estimate of drug-likeness (QED) is 0.353. The number of benzene rings is 1. The third-order valence-electron chi connectivity index (χ3n) is 10.1. The highest BCUT2D eigenvalue weighted by molar-refractivity contribution is 5.92. The lowest BCUT2D eigenvalue weighted by Gasteiger charge is -2.41. The highest BCUT2D eigenvalue weighted by Gasteiger charge is 2.45. The van der Waals surface area contributed by atoms with Gasteiger partial charge in [0.1, 0.15) is 12.4 Å². The van der Waals surface area contributed by atoms with E-state index >= 15 is 0 Å². The minimum Gasteiger partial charge on any atom is -0.461 e. The summed E-state index contributed by atoms with van der Waals surface area (Å²) in [5.41, 5.74) is 5.37. The number of rotatable bonds is 7. The first-order chi connectivity index (χ1) is 21.5. The molecule has 0 N–H and O–H groups in total. The summed E-state index contributed by atoms with van der Waals surface area (Å²) in [5, 5.41) is 10.3.